The van der Waals surface area contributed by atoms with E-state index in [4.69, 9.17) is 0 Å². The van der Waals surface area contributed by atoms with E-state index in [2.05, 4.69) is 67.3 Å². The van der Waals surface area contributed by atoms with Crippen LogP contribution in [0, 0.1) is 5.92 Å². The summed E-state index contributed by atoms with van der Waals surface area (Å²) >= 11 is 0. The normalized spacial score (nSPS) is 13.9. The number of rotatable bonds is 2. The monoisotopic (exact) mass is 251 g/mol. The van der Waals surface area contributed by atoms with Crippen molar-refractivity contribution in [3.05, 3.63) is 59.7 Å². The summed E-state index contributed by atoms with van der Waals surface area (Å²) in [5.41, 5.74) is 5.72. The third-order valence-electron chi connectivity index (χ3n) is 3.78. The summed E-state index contributed by atoms with van der Waals surface area (Å²) in [7, 11) is 0. The van der Waals surface area contributed by atoms with Crippen molar-refractivity contribution < 1.29 is 0 Å². The number of aryl methyl sites for hydroxylation is 2. The lowest BCUT2D eigenvalue weighted by Crippen LogP contribution is -2.23. The van der Waals surface area contributed by atoms with Gasteiger partial charge >= 0.3 is 0 Å². The fraction of sp³-hybridized carbons (Fsp3) is 0.333. The zero-order valence-electron chi connectivity index (χ0n) is 11.8. The minimum atomic E-state index is 0.652. The van der Waals surface area contributed by atoms with E-state index in [9.17, 15) is 0 Å². The van der Waals surface area contributed by atoms with Gasteiger partial charge in [0.15, 0.2) is 0 Å². The zero-order chi connectivity index (χ0) is 13.2. The van der Waals surface area contributed by atoms with Gasteiger partial charge in [0.25, 0.3) is 0 Å². The van der Waals surface area contributed by atoms with Crippen LogP contribution in [0.15, 0.2) is 48.5 Å². The first-order valence-corrected chi connectivity index (χ1v) is 7.19. The Labute approximate surface area is 115 Å². The maximum absolute atomic E-state index is 2.50. The van der Waals surface area contributed by atoms with Crippen LogP contribution < -0.4 is 4.90 Å². The fourth-order valence-electron chi connectivity index (χ4n) is 2.93. The largest absolute Gasteiger partial charge is 0.341 e. The van der Waals surface area contributed by atoms with Crippen molar-refractivity contribution >= 4 is 11.4 Å². The molecule has 0 aromatic heterocycles. The fourth-order valence-corrected chi connectivity index (χ4v) is 2.93. The number of para-hydroxylation sites is 2. The summed E-state index contributed by atoms with van der Waals surface area (Å²) in [6.07, 6.45) is 2.28. The second-order valence-electron chi connectivity index (χ2n) is 5.76. The molecule has 0 unspecified atom stereocenters. The Kier molecular flexibility index (Phi) is 3.29. The van der Waals surface area contributed by atoms with Gasteiger partial charge in [-0.05, 0) is 42.0 Å². The van der Waals surface area contributed by atoms with Crippen LogP contribution in [0.5, 0.6) is 0 Å². The Bertz CT molecular complexity index is 524. The minimum Gasteiger partial charge on any atom is -0.341 e. The number of anilines is 2. The maximum Gasteiger partial charge on any atom is 0.0443 e. The lowest BCUT2D eigenvalue weighted by molar-refractivity contribution is 0.651. The number of hydrogen-bond acceptors (Lipinski definition) is 1. The Morgan fingerprint density at radius 1 is 0.842 bits per heavy atom. The summed E-state index contributed by atoms with van der Waals surface area (Å²) in [5, 5.41) is 0. The molecular weight excluding hydrogens is 230 g/mol. The average Bonchev–Trinajstić information content (AvgIpc) is 2.57. The number of fused-ring (bicyclic) bond motifs is 2. The topological polar surface area (TPSA) is 3.24 Å². The van der Waals surface area contributed by atoms with Gasteiger partial charge in [0.05, 0.1) is 0 Å². The molecule has 0 radical (unpaired) electrons. The minimum absolute atomic E-state index is 0.652. The van der Waals surface area contributed by atoms with Crippen molar-refractivity contribution in [1.82, 2.24) is 0 Å². The quantitative estimate of drug-likeness (QED) is 0.755. The third kappa shape index (κ3) is 2.37. The number of nitrogens with zero attached hydrogens (tertiary/aromatic N) is 1. The molecule has 1 aliphatic rings. The van der Waals surface area contributed by atoms with Crippen molar-refractivity contribution in [2.45, 2.75) is 26.7 Å². The Morgan fingerprint density at radius 2 is 1.32 bits per heavy atom. The standard InChI is InChI=1S/C18H21N/c1-14(2)13-19-17-9-5-3-7-15(17)11-12-16-8-4-6-10-18(16)19/h3-10,14H,11-13H2,1-2H3. The molecule has 98 valence electrons. The first-order chi connectivity index (χ1) is 9.25. The van der Waals surface area contributed by atoms with E-state index in [1.165, 1.54) is 22.5 Å². The van der Waals surface area contributed by atoms with Crippen LogP contribution in [0.1, 0.15) is 25.0 Å². The number of benzene rings is 2. The molecular formula is C18H21N. The van der Waals surface area contributed by atoms with Crippen molar-refractivity contribution in [3.8, 4) is 0 Å². The van der Waals surface area contributed by atoms with Crippen LogP contribution in [0.25, 0.3) is 0 Å². The zero-order valence-corrected chi connectivity index (χ0v) is 11.8. The van der Waals surface area contributed by atoms with Gasteiger partial charge in [0.1, 0.15) is 0 Å². The van der Waals surface area contributed by atoms with E-state index in [0.717, 1.165) is 19.4 Å². The van der Waals surface area contributed by atoms with Crippen molar-refractivity contribution in [2.24, 2.45) is 5.92 Å². The molecule has 0 atom stereocenters. The Hall–Kier alpha value is -1.76. The molecule has 0 aliphatic carbocycles. The molecule has 0 fully saturated rings. The molecule has 1 nitrogen and oxygen atoms in total. The number of hydrogen-bond donors (Lipinski definition) is 0. The summed E-state index contributed by atoms with van der Waals surface area (Å²) in [5.74, 6) is 0.652. The van der Waals surface area contributed by atoms with Crippen LogP contribution in [0.3, 0.4) is 0 Å². The lowest BCUT2D eigenvalue weighted by Gasteiger charge is -2.28. The van der Waals surface area contributed by atoms with Crippen LogP contribution in [0.2, 0.25) is 0 Å². The van der Waals surface area contributed by atoms with Crippen molar-refractivity contribution in [2.75, 3.05) is 11.4 Å². The third-order valence-corrected chi connectivity index (χ3v) is 3.78. The second kappa shape index (κ2) is 5.08. The molecule has 19 heavy (non-hydrogen) atoms. The summed E-state index contributed by atoms with van der Waals surface area (Å²) in [6, 6.07) is 17.7. The van der Waals surface area contributed by atoms with Crippen LogP contribution in [-0.2, 0) is 12.8 Å². The van der Waals surface area contributed by atoms with E-state index in [0.29, 0.717) is 5.92 Å². The van der Waals surface area contributed by atoms with Crippen molar-refractivity contribution in [3.63, 3.8) is 0 Å². The Balaban J connectivity index is 2.13. The first kappa shape index (κ1) is 12.3. The molecule has 0 bridgehead atoms. The molecule has 0 N–H and O–H groups in total. The highest BCUT2D eigenvalue weighted by Gasteiger charge is 2.20. The van der Waals surface area contributed by atoms with Crippen molar-refractivity contribution in [1.29, 1.82) is 0 Å². The average molecular weight is 251 g/mol. The molecule has 1 heterocycles. The van der Waals surface area contributed by atoms with E-state index < -0.39 is 0 Å². The molecule has 0 saturated carbocycles. The van der Waals surface area contributed by atoms with E-state index in [1.54, 1.807) is 0 Å². The maximum atomic E-state index is 2.50. The smallest absolute Gasteiger partial charge is 0.0443 e. The highest BCUT2D eigenvalue weighted by atomic mass is 15.1. The van der Waals surface area contributed by atoms with Gasteiger partial charge in [-0.3, -0.25) is 0 Å². The van der Waals surface area contributed by atoms with E-state index in [-0.39, 0.29) is 0 Å². The Morgan fingerprint density at radius 3 is 1.79 bits per heavy atom. The molecule has 0 saturated heterocycles. The molecule has 0 spiro atoms. The lowest BCUT2D eigenvalue weighted by atomic mass is 10.0. The molecule has 0 amide bonds. The predicted molar refractivity (Wildman–Crippen MR) is 82.1 cm³/mol. The van der Waals surface area contributed by atoms with Gasteiger partial charge in [-0.15, -0.1) is 0 Å². The van der Waals surface area contributed by atoms with Gasteiger partial charge in [-0.2, -0.15) is 0 Å². The highest BCUT2D eigenvalue weighted by molar-refractivity contribution is 5.71. The first-order valence-electron chi connectivity index (χ1n) is 7.19. The van der Waals surface area contributed by atoms with E-state index >= 15 is 0 Å². The molecule has 1 aliphatic heterocycles. The summed E-state index contributed by atoms with van der Waals surface area (Å²) in [4.78, 5) is 2.50. The van der Waals surface area contributed by atoms with E-state index in [1.807, 2.05) is 0 Å². The van der Waals surface area contributed by atoms with Gasteiger partial charge in [0, 0.05) is 17.9 Å². The van der Waals surface area contributed by atoms with Crippen LogP contribution >= 0.6 is 0 Å². The SMILES string of the molecule is CC(C)CN1c2ccccc2CCc2ccccc21. The van der Waals surface area contributed by atoms with Gasteiger partial charge < -0.3 is 4.90 Å². The molecule has 1 heteroatoms. The molecule has 2 aromatic rings. The predicted octanol–water partition coefficient (Wildman–Crippen LogP) is 4.58. The molecule has 2 aromatic carbocycles. The highest BCUT2D eigenvalue weighted by Crippen LogP contribution is 2.36. The van der Waals surface area contributed by atoms with Gasteiger partial charge in [0.2, 0.25) is 0 Å². The van der Waals surface area contributed by atoms with Gasteiger partial charge in [-0.1, -0.05) is 50.2 Å². The summed E-state index contributed by atoms with van der Waals surface area (Å²) < 4.78 is 0. The summed E-state index contributed by atoms with van der Waals surface area (Å²) in [6.45, 7) is 5.65. The second-order valence-corrected chi connectivity index (χ2v) is 5.76. The van der Waals surface area contributed by atoms with Crippen LogP contribution in [-0.4, -0.2) is 6.54 Å². The van der Waals surface area contributed by atoms with Crippen LogP contribution in [0.4, 0.5) is 11.4 Å². The van der Waals surface area contributed by atoms with Gasteiger partial charge in [-0.25, -0.2) is 0 Å². The molecule has 3 rings (SSSR count).